The molecule has 0 unspecified atom stereocenters. The van der Waals surface area contributed by atoms with E-state index in [1.807, 2.05) is 7.05 Å². The van der Waals surface area contributed by atoms with Crippen LogP contribution in [0.25, 0.3) is 0 Å². The second-order valence-electron chi connectivity index (χ2n) is 3.04. The van der Waals surface area contributed by atoms with Gasteiger partial charge in [-0.15, -0.1) is 0 Å². The molecule has 0 radical (unpaired) electrons. The fourth-order valence-electron chi connectivity index (χ4n) is 1.08. The van der Waals surface area contributed by atoms with Crippen molar-refractivity contribution >= 4 is 11.5 Å². The standard InChI is InChI=1S/C9H14N4O2/c1-10-5-2-6-11-9-4-3-8(7-12-9)13(14)15/h3-4,7,10H,2,5-6H2,1H3,(H,11,12). The van der Waals surface area contributed by atoms with Crippen LogP contribution < -0.4 is 10.6 Å². The van der Waals surface area contributed by atoms with Gasteiger partial charge in [0.25, 0.3) is 5.69 Å². The van der Waals surface area contributed by atoms with Crippen molar-refractivity contribution in [2.24, 2.45) is 0 Å². The number of hydrogen-bond acceptors (Lipinski definition) is 5. The summed E-state index contributed by atoms with van der Waals surface area (Å²) in [6.45, 7) is 1.73. The SMILES string of the molecule is CNCCCNc1ccc([N+](=O)[O-])cn1. The van der Waals surface area contributed by atoms with E-state index in [9.17, 15) is 10.1 Å². The highest BCUT2D eigenvalue weighted by Crippen LogP contribution is 2.11. The van der Waals surface area contributed by atoms with Crippen LogP contribution in [0.3, 0.4) is 0 Å². The summed E-state index contributed by atoms with van der Waals surface area (Å²) in [5.41, 5.74) is 0.00998. The monoisotopic (exact) mass is 210 g/mol. The van der Waals surface area contributed by atoms with E-state index in [0.29, 0.717) is 5.82 Å². The van der Waals surface area contributed by atoms with Gasteiger partial charge in [0.1, 0.15) is 12.0 Å². The number of anilines is 1. The van der Waals surface area contributed by atoms with Gasteiger partial charge in [0, 0.05) is 12.6 Å². The fourth-order valence-corrected chi connectivity index (χ4v) is 1.08. The average molecular weight is 210 g/mol. The second-order valence-corrected chi connectivity index (χ2v) is 3.04. The van der Waals surface area contributed by atoms with Gasteiger partial charge in [-0.05, 0) is 26.1 Å². The van der Waals surface area contributed by atoms with Crippen LogP contribution in [-0.4, -0.2) is 30.0 Å². The van der Waals surface area contributed by atoms with Crippen LogP contribution in [0.2, 0.25) is 0 Å². The Morgan fingerprint density at radius 1 is 1.47 bits per heavy atom. The van der Waals surface area contributed by atoms with Crippen LogP contribution in [-0.2, 0) is 0 Å². The maximum absolute atomic E-state index is 10.3. The molecule has 0 atom stereocenters. The second kappa shape index (κ2) is 5.92. The van der Waals surface area contributed by atoms with Crippen LogP contribution in [0.5, 0.6) is 0 Å². The number of aromatic nitrogens is 1. The van der Waals surface area contributed by atoms with Gasteiger partial charge in [-0.3, -0.25) is 10.1 Å². The molecule has 0 amide bonds. The summed E-state index contributed by atoms with van der Waals surface area (Å²) in [4.78, 5) is 13.8. The van der Waals surface area contributed by atoms with Crippen molar-refractivity contribution in [1.29, 1.82) is 0 Å². The minimum Gasteiger partial charge on any atom is -0.370 e. The van der Waals surface area contributed by atoms with Crippen LogP contribution in [0.15, 0.2) is 18.3 Å². The van der Waals surface area contributed by atoms with Crippen LogP contribution in [0.1, 0.15) is 6.42 Å². The molecule has 6 heteroatoms. The summed E-state index contributed by atoms with van der Waals surface area (Å²) >= 11 is 0. The third-order valence-electron chi connectivity index (χ3n) is 1.87. The van der Waals surface area contributed by atoms with Gasteiger partial charge in [0.2, 0.25) is 0 Å². The van der Waals surface area contributed by atoms with E-state index in [4.69, 9.17) is 0 Å². The molecular weight excluding hydrogens is 196 g/mol. The van der Waals surface area contributed by atoms with Gasteiger partial charge in [-0.2, -0.15) is 0 Å². The molecule has 0 bridgehead atoms. The summed E-state index contributed by atoms with van der Waals surface area (Å²) in [6.07, 6.45) is 2.23. The van der Waals surface area contributed by atoms with Crippen LogP contribution >= 0.6 is 0 Å². The zero-order chi connectivity index (χ0) is 11.1. The van der Waals surface area contributed by atoms with Gasteiger partial charge in [0.05, 0.1) is 4.92 Å². The van der Waals surface area contributed by atoms with Crippen molar-refractivity contribution in [3.63, 3.8) is 0 Å². The number of rotatable bonds is 6. The number of pyridine rings is 1. The van der Waals surface area contributed by atoms with Gasteiger partial charge in [0.15, 0.2) is 0 Å². The van der Waals surface area contributed by atoms with E-state index in [1.54, 1.807) is 6.07 Å². The average Bonchev–Trinajstić information content (AvgIpc) is 2.25. The smallest absolute Gasteiger partial charge is 0.287 e. The quantitative estimate of drug-likeness (QED) is 0.416. The first-order chi connectivity index (χ1) is 7.24. The molecule has 1 aromatic heterocycles. The first kappa shape index (κ1) is 11.4. The van der Waals surface area contributed by atoms with Crippen molar-refractivity contribution in [3.05, 3.63) is 28.4 Å². The summed E-state index contributed by atoms with van der Waals surface area (Å²) < 4.78 is 0. The van der Waals surface area contributed by atoms with E-state index in [2.05, 4.69) is 15.6 Å². The van der Waals surface area contributed by atoms with Crippen molar-refractivity contribution in [1.82, 2.24) is 10.3 Å². The molecule has 0 aliphatic heterocycles. The zero-order valence-electron chi connectivity index (χ0n) is 8.56. The van der Waals surface area contributed by atoms with E-state index < -0.39 is 4.92 Å². The van der Waals surface area contributed by atoms with Crippen molar-refractivity contribution in [3.8, 4) is 0 Å². The molecule has 0 fully saturated rings. The molecule has 1 heterocycles. The fraction of sp³-hybridized carbons (Fsp3) is 0.444. The molecule has 0 aliphatic rings. The predicted octanol–water partition coefficient (Wildman–Crippen LogP) is 1.01. The lowest BCUT2D eigenvalue weighted by Gasteiger charge is -2.04. The summed E-state index contributed by atoms with van der Waals surface area (Å²) in [7, 11) is 1.89. The van der Waals surface area contributed by atoms with Crippen molar-refractivity contribution < 1.29 is 4.92 Å². The van der Waals surface area contributed by atoms with Gasteiger partial charge >= 0.3 is 0 Å². The minimum absolute atomic E-state index is 0.00998. The predicted molar refractivity (Wildman–Crippen MR) is 57.9 cm³/mol. The number of nitrogens with one attached hydrogen (secondary N) is 2. The maximum Gasteiger partial charge on any atom is 0.287 e. The van der Waals surface area contributed by atoms with Crippen molar-refractivity contribution in [2.75, 3.05) is 25.5 Å². The van der Waals surface area contributed by atoms with Crippen LogP contribution in [0.4, 0.5) is 11.5 Å². The van der Waals surface area contributed by atoms with Gasteiger partial charge in [-0.1, -0.05) is 0 Å². The highest BCUT2D eigenvalue weighted by atomic mass is 16.6. The lowest BCUT2D eigenvalue weighted by molar-refractivity contribution is -0.385. The van der Waals surface area contributed by atoms with E-state index >= 15 is 0 Å². The third-order valence-corrected chi connectivity index (χ3v) is 1.87. The number of nitro groups is 1. The first-order valence-electron chi connectivity index (χ1n) is 4.73. The Labute approximate surface area is 87.9 Å². The van der Waals surface area contributed by atoms with E-state index in [1.165, 1.54) is 12.3 Å². The molecule has 0 saturated heterocycles. The summed E-state index contributed by atoms with van der Waals surface area (Å²) in [6, 6.07) is 3.05. The number of nitrogens with zero attached hydrogens (tertiary/aromatic N) is 2. The van der Waals surface area contributed by atoms with Crippen molar-refractivity contribution in [2.45, 2.75) is 6.42 Å². The Hall–Kier alpha value is -1.69. The lowest BCUT2D eigenvalue weighted by Crippen LogP contribution is -2.13. The van der Waals surface area contributed by atoms with Gasteiger partial charge < -0.3 is 10.6 Å². The molecule has 1 aromatic rings. The normalized spacial score (nSPS) is 9.93. The Bertz CT molecular complexity index is 312. The van der Waals surface area contributed by atoms with Gasteiger partial charge in [-0.25, -0.2) is 4.98 Å². The molecular formula is C9H14N4O2. The first-order valence-corrected chi connectivity index (χ1v) is 4.73. The molecule has 1 rings (SSSR count). The topological polar surface area (TPSA) is 80.1 Å². The van der Waals surface area contributed by atoms with E-state index in [0.717, 1.165) is 19.5 Å². The molecule has 0 aliphatic carbocycles. The molecule has 15 heavy (non-hydrogen) atoms. The Morgan fingerprint density at radius 3 is 2.80 bits per heavy atom. The summed E-state index contributed by atoms with van der Waals surface area (Å²) in [5, 5.41) is 16.4. The van der Waals surface area contributed by atoms with Crippen LogP contribution in [0, 0.1) is 10.1 Å². The molecule has 82 valence electrons. The molecule has 0 spiro atoms. The highest BCUT2D eigenvalue weighted by Gasteiger charge is 2.04. The highest BCUT2D eigenvalue weighted by molar-refractivity contribution is 5.39. The Balaban J connectivity index is 2.39. The Kier molecular flexibility index (Phi) is 4.49. The molecule has 6 nitrogen and oxygen atoms in total. The lowest BCUT2D eigenvalue weighted by atomic mass is 10.4. The molecule has 2 N–H and O–H groups in total. The molecule has 0 aromatic carbocycles. The zero-order valence-corrected chi connectivity index (χ0v) is 8.56. The summed E-state index contributed by atoms with van der Waals surface area (Å²) in [5.74, 6) is 0.664. The minimum atomic E-state index is -0.461. The largest absolute Gasteiger partial charge is 0.370 e. The van der Waals surface area contributed by atoms with E-state index in [-0.39, 0.29) is 5.69 Å². The Morgan fingerprint density at radius 2 is 2.27 bits per heavy atom. The third kappa shape index (κ3) is 3.90. The molecule has 0 saturated carbocycles. The number of hydrogen-bond donors (Lipinski definition) is 2. The maximum atomic E-state index is 10.3.